The summed E-state index contributed by atoms with van der Waals surface area (Å²) in [6, 6.07) is 0. The van der Waals surface area contributed by atoms with Crippen molar-refractivity contribution in [3.8, 4) is 0 Å². The van der Waals surface area contributed by atoms with Crippen LogP contribution in [-0.2, 0) is 4.79 Å². The number of ketones is 1. The molecule has 9 heavy (non-hydrogen) atoms. The number of Topliss-reactive ketones (excluding diaryl/α,β-unsaturated/α-hetero) is 1. The molecule has 0 atom stereocenters. The molecule has 0 N–H and O–H groups in total. The number of carbonyl (C=O) groups excluding carboxylic acids is 1. The molecule has 2 heteroatoms. The molecule has 1 aliphatic rings. The maximum Gasteiger partial charge on any atom is 0.132 e. The third kappa shape index (κ3) is 2.01. The molecule has 0 saturated carbocycles. The van der Waals surface area contributed by atoms with Gasteiger partial charge in [0.05, 0.1) is 0 Å². The normalized spacial score (nSPS) is 21.9. The molecule has 0 bridgehead atoms. The second kappa shape index (κ2) is 3.25. The number of rotatable bonds is 1. The quantitative estimate of drug-likeness (QED) is 0.557. The zero-order valence-corrected chi connectivity index (χ0v) is 6.54. The average molecular weight is 144 g/mol. The SMILES string of the molecule is CC(=O)C1CCSCC1. The lowest BCUT2D eigenvalue weighted by molar-refractivity contribution is -0.120. The highest BCUT2D eigenvalue weighted by Crippen LogP contribution is 2.22. The Kier molecular flexibility index (Phi) is 2.58. The van der Waals surface area contributed by atoms with Crippen molar-refractivity contribution in [1.29, 1.82) is 0 Å². The van der Waals surface area contributed by atoms with E-state index in [0.717, 1.165) is 12.8 Å². The van der Waals surface area contributed by atoms with E-state index >= 15 is 0 Å². The van der Waals surface area contributed by atoms with Gasteiger partial charge in [0.1, 0.15) is 5.78 Å². The first kappa shape index (κ1) is 7.13. The van der Waals surface area contributed by atoms with Crippen LogP contribution in [0.4, 0.5) is 0 Å². The molecule has 0 aromatic carbocycles. The topological polar surface area (TPSA) is 17.1 Å². The van der Waals surface area contributed by atoms with Gasteiger partial charge in [-0.25, -0.2) is 0 Å². The predicted octanol–water partition coefficient (Wildman–Crippen LogP) is 1.72. The Hall–Kier alpha value is 0.0200. The van der Waals surface area contributed by atoms with Crippen molar-refractivity contribution in [2.45, 2.75) is 19.8 Å². The zero-order valence-electron chi connectivity index (χ0n) is 5.72. The first-order chi connectivity index (χ1) is 4.30. The van der Waals surface area contributed by atoms with Crippen LogP contribution in [0.1, 0.15) is 19.8 Å². The van der Waals surface area contributed by atoms with E-state index in [1.54, 1.807) is 6.92 Å². The average Bonchev–Trinajstić information content (AvgIpc) is 1.90. The van der Waals surface area contributed by atoms with Gasteiger partial charge in [-0.05, 0) is 31.3 Å². The molecule has 0 unspecified atom stereocenters. The monoisotopic (exact) mass is 144 g/mol. The molecule has 0 radical (unpaired) electrons. The van der Waals surface area contributed by atoms with Gasteiger partial charge in [0.25, 0.3) is 0 Å². The van der Waals surface area contributed by atoms with Crippen LogP contribution < -0.4 is 0 Å². The van der Waals surface area contributed by atoms with Crippen LogP contribution in [0, 0.1) is 5.92 Å². The Morgan fingerprint density at radius 3 is 2.33 bits per heavy atom. The lowest BCUT2D eigenvalue weighted by Crippen LogP contribution is -2.16. The van der Waals surface area contributed by atoms with Crippen LogP contribution in [0.25, 0.3) is 0 Å². The van der Waals surface area contributed by atoms with Gasteiger partial charge in [-0.15, -0.1) is 0 Å². The summed E-state index contributed by atoms with van der Waals surface area (Å²) in [5.41, 5.74) is 0. The van der Waals surface area contributed by atoms with E-state index in [0.29, 0.717) is 11.7 Å². The first-order valence-corrected chi connectivity index (χ1v) is 4.54. The maximum atomic E-state index is 10.8. The third-order valence-corrected chi connectivity index (χ3v) is 2.84. The Morgan fingerprint density at radius 1 is 1.44 bits per heavy atom. The molecule has 1 fully saturated rings. The number of hydrogen-bond acceptors (Lipinski definition) is 2. The highest BCUT2D eigenvalue weighted by Gasteiger charge is 2.16. The van der Waals surface area contributed by atoms with Crippen molar-refractivity contribution < 1.29 is 4.79 Å². The highest BCUT2D eigenvalue weighted by molar-refractivity contribution is 7.99. The number of hydrogen-bond donors (Lipinski definition) is 0. The Balaban J connectivity index is 2.31. The van der Waals surface area contributed by atoms with Gasteiger partial charge in [-0.3, -0.25) is 4.79 Å². The van der Waals surface area contributed by atoms with E-state index < -0.39 is 0 Å². The maximum absolute atomic E-state index is 10.8. The molecule has 0 aromatic rings. The second-order valence-corrected chi connectivity index (χ2v) is 3.72. The van der Waals surface area contributed by atoms with Crippen molar-refractivity contribution in [2.24, 2.45) is 5.92 Å². The fourth-order valence-electron chi connectivity index (χ4n) is 1.10. The summed E-state index contributed by atoms with van der Waals surface area (Å²) in [4.78, 5) is 10.8. The van der Waals surface area contributed by atoms with E-state index in [2.05, 4.69) is 0 Å². The lowest BCUT2D eigenvalue weighted by Gasteiger charge is -2.17. The molecule has 1 rings (SSSR count). The Morgan fingerprint density at radius 2 is 2.00 bits per heavy atom. The fraction of sp³-hybridized carbons (Fsp3) is 0.857. The van der Waals surface area contributed by atoms with E-state index in [1.807, 2.05) is 11.8 Å². The smallest absolute Gasteiger partial charge is 0.132 e. The minimum atomic E-state index is 0.385. The molecule has 1 aliphatic heterocycles. The molecular formula is C7H12OS. The number of carbonyl (C=O) groups is 1. The molecule has 52 valence electrons. The minimum Gasteiger partial charge on any atom is -0.300 e. The van der Waals surface area contributed by atoms with Crippen LogP contribution in [0.15, 0.2) is 0 Å². The third-order valence-electron chi connectivity index (χ3n) is 1.80. The number of thioether (sulfide) groups is 1. The van der Waals surface area contributed by atoms with E-state index in [4.69, 9.17) is 0 Å². The Bertz CT molecular complexity index is 105. The largest absolute Gasteiger partial charge is 0.300 e. The molecule has 0 aliphatic carbocycles. The molecule has 1 saturated heterocycles. The molecule has 0 amide bonds. The predicted molar refractivity (Wildman–Crippen MR) is 40.7 cm³/mol. The molecule has 1 heterocycles. The van der Waals surface area contributed by atoms with Crippen LogP contribution in [0.3, 0.4) is 0 Å². The minimum absolute atomic E-state index is 0.385. The van der Waals surface area contributed by atoms with Gasteiger partial charge in [0, 0.05) is 5.92 Å². The van der Waals surface area contributed by atoms with Gasteiger partial charge in [-0.1, -0.05) is 0 Å². The highest BCUT2D eigenvalue weighted by atomic mass is 32.2. The molecule has 0 aromatic heterocycles. The van der Waals surface area contributed by atoms with Gasteiger partial charge >= 0.3 is 0 Å². The van der Waals surface area contributed by atoms with Gasteiger partial charge in [0.15, 0.2) is 0 Å². The van der Waals surface area contributed by atoms with E-state index in [-0.39, 0.29) is 0 Å². The van der Waals surface area contributed by atoms with E-state index in [1.165, 1.54) is 11.5 Å². The van der Waals surface area contributed by atoms with Crippen LogP contribution in [0.5, 0.6) is 0 Å². The van der Waals surface area contributed by atoms with Crippen molar-refractivity contribution >= 4 is 17.5 Å². The van der Waals surface area contributed by atoms with Crippen LogP contribution in [-0.4, -0.2) is 17.3 Å². The molecule has 1 nitrogen and oxygen atoms in total. The van der Waals surface area contributed by atoms with Crippen LogP contribution in [0.2, 0.25) is 0 Å². The first-order valence-electron chi connectivity index (χ1n) is 3.39. The summed E-state index contributed by atoms with van der Waals surface area (Å²) < 4.78 is 0. The van der Waals surface area contributed by atoms with Gasteiger partial charge in [0.2, 0.25) is 0 Å². The van der Waals surface area contributed by atoms with Crippen molar-refractivity contribution in [2.75, 3.05) is 11.5 Å². The summed E-state index contributed by atoms with van der Waals surface area (Å²) in [7, 11) is 0. The molecule has 0 spiro atoms. The Labute approximate surface area is 60.2 Å². The van der Waals surface area contributed by atoms with Crippen molar-refractivity contribution in [1.82, 2.24) is 0 Å². The van der Waals surface area contributed by atoms with Crippen LogP contribution >= 0.6 is 11.8 Å². The van der Waals surface area contributed by atoms with Crippen molar-refractivity contribution in [3.05, 3.63) is 0 Å². The summed E-state index contributed by atoms with van der Waals surface area (Å²) in [5.74, 6) is 3.15. The summed E-state index contributed by atoms with van der Waals surface area (Å²) in [6.07, 6.45) is 2.22. The van der Waals surface area contributed by atoms with E-state index in [9.17, 15) is 4.79 Å². The van der Waals surface area contributed by atoms with Crippen molar-refractivity contribution in [3.63, 3.8) is 0 Å². The lowest BCUT2D eigenvalue weighted by atomic mass is 9.99. The molecular weight excluding hydrogens is 132 g/mol. The standard InChI is InChI=1S/C7H12OS/c1-6(8)7-2-4-9-5-3-7/h7H,2-5H2,1H3. The second-order valence-electron chi connectivity index (χ2n) is 2.50. The van der Waals surface area contributed by atoms with Gasteiger partial charge < -0.3 is 0 Å². The fourth-order valence-corrected chi connectivity index (χ4v) is 2.21. The summed E-state index contributed by atoms with van der Waals surface area (Å²) >= 11 is 1.96. The summed E-state index contributed by atoms with van der Waals surface area (Å²) in [6.45, 7) is 1.71. The zero-order chi connectivity index (χ0) is 6.69. The summed E-state index contributed by atoms with van der Waals surface area (Å²) in [5, 5.41) is 0. The van der Waals surface area contributed by atoms with Gasteiger partial charge in [-0.2, -0.15) is 11.8 Å².